The van der Waals surface area contributed by atoms with Gasteiger partial charge in [-0.3, -0.25) is 0 Å². The predicted molar refractivity (Wildman–Crippen MR) is 61.5 cm³/mol. The first-order valence-electron chi connectivity index (χ1n) is 3.04. The molecule has 0 aromatic heterocycles. The highest BCUT2D eigenvalue weighted by molar-refractivity contribution is 8.31. The van der Waals surface area contributed by atoms with E-state index in [4.69, 9.17) is 37.4 Å². The van der Waals surface area contributed by atoms with Crippen LogP contribution in [0.2, 0.25) is 10.0 Å². The third-order valence-corrected chi connectivity index (χ3v) is 1.32. The van der Waals surface area contributed by atoms with Crippen LogP contribution in [0.15, 0.2) is 18.2 Å². The molecule has 8 heteroatoms. The van der Waals surface area contributed by atoms with Gasteiger partial charge in [0.05, 0.1) is 0 Å². The molecule has 0 unspecified atom stereocenters. The van der Waals surface area contributed by atoms with Crippen LogP contribution in [0, 0.1) is 0 Å². The van der Waals surface area contributed by atoms with Gasteiger partial charge in [-0.25, -0.2) is 0 Å². The van der Waals surface area contributed by atoms with Gasteiger partial charge in [0.2, 0.25) is 0 Å². The number of rotatable bonds is 0. The van der Waals surface area contributed by atoms with Crippen LogP contribution >= 0.6 is 44.6 Å². The number of nitrogens with two attached hydrogens (primary N) is 1. The zero-order chi connectivity index (χ0) is 11.4. The average Bonchev–Trinajstić information content (AvgIpc) is 1.77. The minimum atomic E-state index is -3.72. The Morgan fingerprint density at radius 3 is 1.50 bits per heavy atom. The van der Waals surface area contributed by atoms with Crippen molar-refractivity contribution in [3.63, 3.8) is 0 Å². The molecule has 0 radical (unpaired) electrons. The van der Waals surface area contributed by atoms with Gasteiger partial charge in [0.15, 0.2) is 0 Å². The van der Waals surface area contributed by atoms with E-state index in [9.17, 15) is 0 Å². The molecular formula is C6H5Cl4NO2S. The van der Waals surface area contributed by atoms with Crippen molar-refractivity contribution in [1.82, 2.24) is 0 Å². The SMILES string of the molecule is Nc1cc(Cl)cc(Cl)c1.O=S(=O)(Cl)Cl. The van der Waals surface area contributed by atoms with Gasteiger partial charge in [0, 0.05) is 37.1 Å². The molecule has 80 valence electrons. The first kappa shape index (κ1) is 14.1. The van der Waals surface area contributed by atoms with Gasteiger partial charge < -0.3 is 5.73 Å². The Kier molecular flexibility index (Phi) is 5.93. The molecule has 3 nitrogen and oxygen atoms in total. The Labute approximate surface area is 101 Å². The standard InChI is InChI=1S/C6H5Cl2N.Cl2O2S/c7-4-1-5(8)3-6(9)2-4;1-5(2,3)4/h1-3H,9H2;. The van der Waals surface area contributed by atoms with E-state index in [-0.39, 0.29) is 0 Å². The molecule has 0 fully saturated rings. The monoisotopic (exact) mass is 295 g/mol. The molecule has 1 rings (SSSR count). The van der Waals surface area contributed by atoms with Gasteiger partial charge in [0.25, 0.3) is 0 Å². The van der Waals surface area contributed by atoms with Gasteiger partial charge in [-0.15, -0.1) is 0 Å². The quantitative estimate of drug-likeness (QED) is 0.590. The van der Waals surface area contributed by atoms with Crippen LogP contribution in [-0.2, 0) is 8.26 Å². The van der Waals surface area contributed by atoms with E-state index in [0.717, 1.165) is 0 Å². The van der Waals surface area contributed by atoms with E-state index in [2.05, 4.69) is 21.4 Å². The number of benzene rings is 1. The van der Waals surface area contributed by atoms with Crippen molar-refractivity contribution in [2.24, 2.45) is 0 Å². The fourth-order valence-corrected chi connectivity index (χ4v) is 1.12. The van der Waals surface area contributed by atoms with Crippen LogP contribution in [-0.4, -0.2) is 8.42 Å². The van der Waals surface area contributed by atoms with Crippen molar-refractivity contribution in [3.8, 4) is 0 Å². The molecule has 1 aromatic carbocycles. The second kappa shape index (κ2) is 5.88. The number of nitrogen functional groups attached to an aromatic ring is 1. The second-order valence-electron chi connectivity index (χ2n) is 2.08. The summed E-state index contributed by atoms with van der Waals surface area (Å²) < 4.78 is 18.3. The van der Waals surface area contributed by atoms with Gasteiger partial charge in [-0.2, -0.15) is 8.42 Å². The Balaban J connectivity index is 0.000000292. The van der Waals surface area contributed by atoms with Crippen LogP contribution in [0.3, 0.4) is 0 Å². The molecule has 0 saturated heterocycles. The topological polar surface area (TPSA) is 60.2 Å². The molecule has 0 spiro atoms. The Bertz CT molecular complexity index is 348. The van der Waals surface area contributed by atoms with Crippen molar-refractivity contribution in [1.29, 1.82) is 0 Å². The first-order valence-corrected chi connectivity index (χ1v) is 6.93. The fraction of sp³-hybridized carbons (Fsp3) is 0. The summed E-state index contributed by atoms with van der Waals surface area (Å²) in [5, 5.41) is 1.14. The summed E-state index contributed by atoms with van der Waals surface area (Å²) in [4.78, 5) is 0. The molecule has 0 saturated carbocycles. The maximum Gasteiger partial charge on any atom is 0.317 e. The number of halogens is 4. The summed E-state index contributed by atoms with van der Waals surface area (Å²) in [7, 11) is 4.81. The summed E-state index contributed by atoms with van der Waals surface area (Å²) in [6.07, 6.45) is 0. The lowest BCUT2D eigenvalue weighted by Gasteiger charge is -1.93. The third-order valence-electron chi connectivity index (χ3n) is 0.885. The number of hydrogen-bond acceptors (Lipinski definition) is 3. The van der Waals surface area contributed by atoms with E-state index >= 15 is 0 Å². The lowest BCUT2D eigenvalue weighted by molar-refractivity contribution is 0.621. The molecule has 0 aliphatic carbocycles. The number of hydrogen-bond donors (Lipinski definition) is 1. The van der Waals surface area contributed by atoms with E-state index in [1.807, 2.05) is 0 Å². The molecule has 14 heavy (non-hydrogen) atoms. The molecule has 0 heterocycles. The smallest absolute Gasteiger partial charge is 0.317 e. The highest BCUT2D eigenvalue weighted by Crippen LogP contribution is 2.19. The maximum atomic E-state index is 9.16. The lowest BCUT2D eigenvalue weighted by atomic mass is 10.3. The predicted octanol–water partition coefficient (Wildman–Crippen LogP) is 3.28. The summed E-state index contributed by atoms with van der Waals surface area (Å²) >= 11 is 11.2. The minimum absolute atomic E-state index is 0.569. The Morgan fingerprint density at radius 1 is 1.00 bits per heavy atom. The van der Waals surface area contributed by atoms with E-state index < -0.39 is 8.26 Å². The van der Waals surface area contributed by atoms with Crippen molar-refractivity contribution in [2.45, 2.75) is 0 Å². The molecule has 1 aromatic rings. The highest BCUT2D eigenvalue weighted by atomic mass is 36.0. The van der Waals surface area contributed by atoms with Crippen LogP contribution < -0.4 is 5.73 Å². The van der Waals surface area contributed by atoms with E-state index in [0.29, 0.717) is 15.7 Å². The van der Waals surface area contributed by atoms with Gasteiger partial charge in [-0.1, -0.05) is 23.2 Å². The largest absolute Gasteiger partial charge is 0.399 e. The van der Waals surface area contributed by atoms with E-state index in [1.54, 1.807) is 18.2 Å². The maximum absolute atomic E-state index is 9.16. The molecule has 0 aliphatic rings. The third kappa shape index (κ3) is 10.2. The minimum Gasteiger partial charge on any atom is -0.399 e. The van der Waals surface area contributed by atoms with Crippen molar-refractivity contribution in [2.75, 3.05) is 5.73 Å². The van der Waals surface area contributed by atoms with Crippen LogP contribution in [0.5, 0.6) is 0 Å². The van der Waals surface area contributed by atoms with Crippen molar-refractivity contribution >= 4 is 58.5 Å². The lowest BCUT2D eigenvalue weighted by Crippen LogP contribution is -1.82. The van der Waals surface area contributed by atoms with Gasteiger partial charge >= 0.3 is 8.26 Å². The van der Waals surface area contributed by atoms with Crippen molar-refractivity contribution in [3.05, 3.63) is 28.2 Å². The zero-order valence-corrected chi connectivity index (χ0v) is 10.4. The van der Waals surface area contributed by atoms with Crippen LogP contribution in [0.25, 0.3) is 0 Å². The second-order valence-corrected chi connectivity index (χ2v) is 6.62. The Hall–Kier alpha value is 0.130. The molecule has 0 atom stereocenters. The zero-order valence-electron chi connectivity index (χ0n) is 6.55. The molecular weight excluding hydrogens is 292 g/mol. The van der Waals surface area contributed by atoms with Gasteiger partial charge in [0.1, 0.15) is 0 Å². The normalized spacial score (nSPS) is 10.3. The molecule has 0 aliphatic heterocycles. The molecule has 0 bridgehead atoms. The summed E-state index contributed by atoms with van der Waals surface area (Å²) in [6, 6.07) is 4.93. The first-order chi connectivity index (χ1) is 6.18. The highest BCUT2D eigenvalue weighted by Gasteiger charge is 1.91. The van der Waals surface area contributed by atoms with E-state index in [1.165, 1.54) is 0 Å². The van der Waals surface area contributed by atoms with Gasteiger partial charge in [-0.05, 0) is 18.2 Å². The number of anilines is 1. The summed E-state index contributed by atoms with van der Waals surface area (Å²) in [6.45, 7) is 0. The fourth-order valence-electron chi connectivity index (χ4n) is 0.575. The van der Waals surface area contributed by atoms with Crippen LogP contribution in [0.4, 0.5) is 5.69 Å². The average molecular weight is 297 g/mol. The summed E-state index contributed by atoms with van der Waals surface area (Å²) in [5.74, 6) is 0. The Morgan fingerprint density at radius 2 is 1.29 bits per heavy atom. The van der Waals surface area contributed by atoms with Crippen molar-refractivity contribution < 1.29 is 8.42 Å². The molecule has 2 N–H and O–H groups in total. The summed E-state index contributed by atoms with van der Waals surface area (Å²) in [5.41, 5.74) is 5.98. The molecule has 0 amide bonds. The van der Waals surface area contributed by atoms with Crippen LogP contribution in [0.1, 0.15) is 0 Å².